The summed E-state index contributed by atoms with van der Waals surface area (Å²) in [5.74, 6) is 1.07. The van der Waals surface area contributed by atoms with Crippen LogP contribution in [0.25, 0.3) is 6.08 Å². The fraction of sp³-hybridized carbons (Fsp3) is 0.240. The van der Waals surface area contributed by atoms with Crippen LogP contribution in [0.5, 0.6) is 17.2 Å². The summed E-state index contributed by atoms with van der Waals surface area (Å²) in [4.78, 5) is 21.2. The molecular formula is C25H27N3O4. The second kappa shape index (κ2) is 10.4. The van der Waals surface area contributed by atoms with Gasteiger partial charge in [0, 0.05) is 12.6 Å². The van der Waals surface area contributed by atoms with E-state index in [9.17, 15) is 9.90 Å². The zero-order valence-electron chi connectivity index (χ0n) is 18.7. The molecule has 2 N–H and O–H groups in total. The van der Waals surface area contributed by atoms with E-state index in [1.807, 2.05) is 39.0 Å². The lowest BCUT2D eigenvalue weighted by atomic mass is 10.2. The third-order valence-electron chi connectivity index (χ3n) is 4.94. The first-order valence-corrected chi connectivity index (χ1v) is 10.2. The van der Waals surface area contributed by atoms with E-state index in [2.05, 4.69) is 15.3 Å². The van der Waals surface area contributed by atoms with Gasteiger partial charge < -0.3 is 19.9 Å². The zero-order chi connectivity index (χ0) is 23.1. The maximum atomic E-state index is 12.1. The van der Waals surface area contributed by atoms with Crippen LogP contribution in [0.15, 0.2) is 48.5 Å². The van der Waals surface area contributed by atoms with Crippen molar-refractivity contribution < 1.29 is 19.4 Å². The van der Waals surface area contributed by atoms with E-state index in [-0.39, 0.29) is 18.3 Å². The summed E-state index contributed by atoms with van der Waals surface area (Å²) in [5.41, 5.74) is 5.02. The Hall–Kier alpha value is -3.87. The summed E-state index contributed by atoms with van der Waals surface area (Å²) in [6.07, 6.45) is 3.07. The minimum Gasteiger partial charge on any atom is -0.508 e. The number of carbonyl (C=O) groups excluding carboxylic acids is 1. The highest BCUT2D eigenvalue weighted by atomic mass is 16.5. The predicted molar refractivity (Wildman–Crippen MR) is 123 cm³/mol. The lowest BCUT2D eigenvalue weighted by molar-refractivity contribution is -0.116. The van der Waals surface area contributed by atoms with Crippen LogP contribution < -0.4 is 14.8 Å². The number of aromatic nitrogens is 2. The highest BCUT2D eigenvalue weighted by Crippen LogP contribution is 2.29. The second-order valence-corrected chi connectivity index (χ2v) is 7.35. The normalized spacial score (nSPS) is 10.9. The molecule has 0 aliphatic heterocycles. The lowest BCUT2D eigenvalue weighted by Gasteiger charge is -2.13. The van der Waals surface area contributed by atoms with Crippen molar-refractivity contribution >= 4 is 12.0 Å². The Morgan fingerprint density at radius 1 is 1.03 bits per heavy atom. The Morgan fingerprint density at radius 2 is 1.81 bits per heavy atom. The van der Waals surface area contributed by atoms with Crippen molar-refractivity contribution in [1.82, 2.24) is 15.3 Å². The first-order chi connectivity index (χ1) is 15.4. The fourth-order valence-electron chi connectivity index (χ4n) is 3.03. The van der Waals surface area contributed by atoms with E-state index in [0.717, 1.165) is 33.9 Å². The largest absolute Gasteiger partial charge is 0.508 e. The number of hydrogen-bond donors (Lipinski definition) is 2. The van der Waals surface area contributed by atoms with Gasteiger partial charge in [-0.15, -0.1) is 0 Å². The van der Waals surface area contributed by atoms with Crippen LogP contribution in [0.2, 0.25) is 0 Å². The van der Waals surface area contributed by atoms with E-state index < -0.39 is 0 Å². The topological polar surface area (TPSA) is 93.6 Å². The number of phenolic OH excluding ortho intramolecular Hbond substituents is 1. The van der Waals surface area contributed by atoms with Crippen molar-refractivity contribution in [3.63, 3.8) is 0 Å². The van der Waals surface area contributed by atoms with E-state index in [0.29, 0.717) is 18.0 Å². The van der Waals surface area contributed by atoms with Crippen molar-refractivity contribution in [1.29, 1.82) is 0 Å². The molecule has 1 heterocycles. The quantitative estimate of drug-likeness (QED) is 0.521. The molecule has 7 heteroatoms. The molecule has 0 saturated heterocycles. The summed E-state index contributed by atoms with van der Waals surface area (Å²) in [6.45, 7) is 6.39. The number of hydrogen-bond acceptors (Lipinski definition) is 6. The average molecular weight is 434 g/mol. The van der Waals surface area contributed by atoms with Gasteiger partial charge in [0.2, 0.25) is 5.91 Å². The Labute approximate surface area is 187 Å². The molecule has 0 spiro atoms. The van der Waals surface area contributed by atoms with Gasteiger partial charge in [0.25, 0.3) is 0 Å². The van der Waals surface area contributed by atoms with Gasteiger partial charge in [-0.25, -0.2) is 0 Å². The van der Waals surface area contributed by atoms with Crippen molar-refractivity contribution in [2.24, 2.45) is 0 Å². The van der Waals surface area contributed by atoms with Crippen LogP contribution in [-0.2, 0) is 17.9 Å². The van der Waals surface area contributed by atoms with Crippen LogP contribution >= 0.6 is 0 Å². The van der Waals surface area contributed by atoms with Crippen molar-refractivity contribution in [2.45, 2.75) is 33.9 Å². The number of aryl methyl sites for hydroxylation is 3. The molecule has 2 aromatic carbocycles. The SMILES string of the molecule is COc1cc(CNC(=O)/C=C/c2cccc(O)c2)ccc1OCc1nc(C)c(C)nc1C. The number of carbonyl (C=O) groups is 1. The molecule has 0 unspecified atom stereocenters. The molecule has 7 nitrogen and oxygen atoms in total. The summed E-state index contributed by atoms with van der Waals surface area (Å²) in [7, 11) is 1.57. The summed E-state index contributed by atoms with van der Waals surface area (Å²) >= 11 is 0. The van der Waals surface area contributed by atoms with Crippen LogP contribution in [0, 0.1) is 20.8 Å². The van der Waals surface area contributed by atoms with Crippen LogP contribution in [0.3, 0.4) is 0 Å². The number of phenols is 1. The average Bonchev–Trinajstić information content (AvgIpc) is 2.78. The van der Waals surface area contributed by atoms with E-state index >= 15 is 0 Å². The number of amides is 1. The van der Waals surface area contributed by atoms with Gasteiger partial charge in [-0.05, 0) is 62.2 Å². The maximum absolute atomic E-state index is 12.1. The molecule has 166 valence electrons. The molecular weight excluding hydrogens is 406 g/mol. The predicted octanol–water partition coefficient (Wildman–Crippen LogP) is 4.02. The van der Waals surface area contributed by atoms with Crippen molar-refractivity contribution in [3.05, 3.63) is 82.4 Å². The molecule has 3 aromatic rings. The third kappa shape index (κ3) is 6.07. The van der Waals surface area contributed by atoms with Gasteiger partial charge in [-0.3, -0.25) is 14.8 Å². The van der Waals surface area contributed by atoms with Gasteiger partial charge in [0.05, 0.1) is 29.9 Å². The molecule has 0 aliphatic carbocycles. The van der Waals surface area contributed by atoms with E-state index in [1.165, 1.54) is 6.08 Å². The summed E-state index contributed by atoms with van der Waals surface area (Å²) in [6, 6.07) is 12.2. The van der Waals surface area contributed by atoms with Crippen LogP contribution in [-0.4, -0.2) is 28.1 Å². The first kappa shape index (κ1) is 22.8. The number of nitrogens with one attached hydrogen (secondary N) is 1. The zero-order valence-corrected chi connectivity index (χ0v) is 18.7. The second-order valence-electron chi connectivity index (χ2n) is 7.35. The van der Waals surface area contributed by atoms with Gasteiger partial charge in [0.15, 0.2) is 11.5 Å². The van der Waals surface area contributed by atoms with Crippen molar-refractivity contribution in [3.8, 4) is 17.2 Å². The molecule has 0 saturated carbocycles. The third-order valence-corrected chi connectivity index (χ3v) is 4.94. The van der Waals surface area contributed by atoms with Gasteiger partial charge in [0.1, 0.15) is 12.4 Å². The number of methoxy groups -OCH3 is 1. The Bertz CT molecular complexity index is 1140. The molecule has 0 bridgehead atoms. The number of ether oxygens (including phenoxy) is 2. The number of nitrogens with zero attached hydrogens (tertiary/aromatic N) is 2. The van der Waals surface area contributed by atoms with E-state index in [1.54, 1.807) is 37.5 Å². The monoisotopic (exact) mass is 433 g/mol. The minimum absolute atomic E-state index is 0.154. The standard InChI is InChI=1S/C25H27N3O4/c1-16-17(2)28-22(18(3)27-16)15-32-23-10-8-20(13-24(23)31-4)14-26-25(30)11-9-19-6-5-7-21(29)12-19/h5-13,29H,14-15H2,1-4H3,(H,26,30)/b11-9+. The maximum Gasteiger partial charge on any atom is 0.244 e. The van der Waals surface area contributed by atoms with Gasteiger partial charge in [-0.1, -0.05) is 18.2 Å². The smallest absolute Gasteiger partial charge is 0.244 e. The van der Waals surface area contributed by atoms with Crippen molar-refractivity contribution in [2.75, 3.05) is 7.11 Å². The lowest BCUT2D eigenvalue weighted by Crippen LogP contribution is -2.20. The van der Waals surface area contributed by atoms with Crippen LogP contribution in [0.1, 0.15) is 33.9 Å². The molecule has 3 rings (SSSR count). The molecule has 0 aliphatic rings. The Morgan fingerprint density at radius 3 is 2.56 bits per heavy atom. The molecule has 0 fully saturated rings. The molecule has 0 atom stereocenters. The van der Waals surface area contributed by atoms with Gasteiger partial charge in [-0.2, -0.15) is 0 Å². The Kier molecular flexibility index (Phi) is 7.44. The highest BCUT2D eigenvalue weighted by molar-refractivity contribution is 5.91. The summed E-state index contributed by atoms with van der Waals surface area (Å²) in [5, 5.41) is 12.3. The number of benzene rings is 2. The summed E-state index contributed by atoms with van der Waals surface area (Å²) < 4.78 is 11.4. The van der Waals surface area contributed by atoms with Gasteiger partial charge >= 0.3 is 0 Å². The molecule has 1 amide bonds. The van der Waals surface area contributed by atoms with E-state index in [4.69, 9.17) is 9.47 Å². The first-order valence-electron chi connectivity index (χ1n) is 10.2. The molecule has 0 radical (unpaired) electrons. The molecule has 32 heavy (non-hydrogen) atoms. The molecule has 1 aromatic heterocycles. The van der Waals surface area contributed by atoms with Crippen LogP contribution in [0.4, 0.5) is 0 Å². The Balaban J connectivity index is 1.60. The number of aromatic hydroxyl groups is 1. The minimum atomic E-state index is -0.239. The highest BCUT2D eigenvalue weighted by Gasteiger charge is 2.10. The fourth-order valence-corrected chi connectivity index (χ4v) is 3.03. The number of rotatable bonds is 8.